The minimum Gasteiger partial charge on any atom is -0.369 e. The fourth-order valence-electron chi connectivity index (χ4n) is 1.92. The van der Waals surface area contributed by atoms with Gasteiger partial charge in [-0.25, -0.2) is 4.98 Å². The van der Waals surface area contributed by atoms with Crippen LogP contribution in [0.5, 0.6) is 0 Å². The molecule has 1 aromatic carbocycles. The first-order valence-corrected chi connectivity index (χ1v) is 7.53. The van der Waals surface area contributed by atoms with E-state index >= 15 is 0 Å². The molecule has 1 heterocycles. The molecule has 2 rings (SSSR count). The van der Waals surface area contributed by atoms with Gasteiger partial charge < -0.3 is 10.2 Å². The highest BCUT2D eigenvalue weighted by atomic mass is 32.1. The number of nitrogens with one attached hydrogen (secondary N) is 1. The van der Waals surface area contributed by atoms with E-state index in [0.717, 1.165) is 24.6 Å². The Morgan fingerprint density at radius 2 is 1.95 bits per heavy atom. The van der Waals surface area contributed by atoms with E-state index in [9.17, 15) is 0 Å². The predicted octanol–water partition coefficient (Wildman–Crippen LogP) is 3.77. The topological polar surface area (TPSA) is 28.2 Å². The molecule has 0 saturated heterocycles. The van der Waals surface area contributed by atoms with Gasteiger partial charge in [0.15, 0.2) is 5.13 Å². The van der Waals surface area contributed by atoms with Crippen LogP contribution in [0.4, 0.5) is 10.8 Å². The van der Waals surface area contributed by atoms with Crippen LogP contribution in [0.25, 0.3) is 0 Å². The molecule has 1 aromatic heterocycles. The van der Waals surface area contributed by atoms with Crippen molar-refractivity contribution in [3.8, 4) is 0 Å². The number of aryl methyl sites for hydroxylation is 1. The SMILES string of the molecule is CCNc1ncc(CN(C)c2ccc(CC)cc2)s1. The van der Waals surface area contributed by atoms with E-state index in [4.69, 9.17) is 0 Å². The van der Waals surface area contributed by atoms with Gasteiger partial charge in [0.1, 0.15) is 0 Å². The summed E-state index contributed by atoms with van der Waals surface area (Å²) in [4.78, 5) is 7.89. The quantitative estimate of drug-likeness (QED) is 0.869. The second-order valence-electron chi connectivity index (χ2n) is 4.54. The Labute approximate surface area is 119 Å². The van der Waals surface area contributed by atoms with Gasteiger partial charge in [0, 0.05) is 30.4 Å². The molecule has 4 heteroatoms. The first-order valence-electron chi connectivity index (χ1n) is 6.71. The molecule has 19 heavy (non-hydrogen) atoms. The zero-order valence-corrected chi connectivity index (χ0v) is 12.6. The summed E-state index contributed by atoms with van der Waals surface area (Å²) in [6, 6.07) is 8.77. The molecule has 0 aliphatic rings. The molecule has 0 aliphatic heterocycles. The van der Waals surface area contributed by atoms with Gasteiger partial charge in [-0.1, -0.05) is 19.1 Å². The van der Waals surface area contributed by atoms with Gasteiger partial charge >= 0.3 is 0 Å². The number of nitrogens with zero attached hydrogens (tertiary/aromatic N) is 2. The van der Waals surface area contributed by atoms with Gasteiger partial charge in [-0.05, 0) is 31.0 Å². The van der Waals surface area contributed by atoms with Crippen molar-refractivity contribution >= 4 is 22.2 Å². The highest BCUT2D eigenvalue weighted by Crippen LogP contribution is 2.22. The number of anilines is 2. The number of hydrogen-bond donors (Lipinski definition) is 1. The summed E-state index contributed by atoms with van der Waals surface area (Å²) in [5.41, 5.74) is 2.62. The molecule has 0 saturated carbocycles. The molecule has 0 atom stereocenters. The van der Waals surface area contributed by atoms with E-state index in [0.29, 0.717) is 0 Å². The second kappa shape index (κ2) is 6.57. The standard InChI is InChI=1S/C15H21N3S/c1-4-12-6-8-13(9-7-12)18(3)11-14-10-17-15(19-14)16-5-2/h6-10H,4-5,11H2,1-3H3,(H,16,17). The molecule has 1 N–H and O–H groups in total. The summed E-state index contributed by atoms with van der Waals surface area (Å²) >= 11 is 1.72. The minimum atomic E-state index is 0.897. The molecular weight excluding hydrogens is 254 g/mol. The van der Waals surface area contributed by atoms with Crippen LogP contribution >= 0.6 is 11.3 Å². The molecule has 0 amide bonds. The summed E-state index contributed by atoms with van der Waals surface area (Å²) in [6.45, 7) is 6.08. The van der Waals surface area contributed by atoms with E-state index in [-0.39, 0.29) is 0 Å². The maximum atomic E-state index is 4.36. The number of rotatable bonds is 6. The monoisotopic (exact) mass is 275 g/mol. The molecule has 0 unspecified atom stereocenters. The highest BCUT2D eigenvalue weighted by Gasteiger charge is 2.05. The Morgan fingerprint density at radius 1 is 1.21 bits per heavy atom. The van der Waals surface area contributed by atoms with E-state index in [2.05, 4.69) is 60.4 Å². The van der Waals surface area contributed by atoms with Crippen LogP contribution in [0, 0.1) is 0 Å². The fraction of sp³-hybridized carbons (Fsp3) is 0.400. The Morgan fingerprint density at radius 3 is 2.58 bits per heavy atom. The lowest BCUT2D eigenvalue weighted by molar-refractivity contribution is 0.935. The molecule has 102 valence electrons. The van der Waals surface area contributed by atoms with Crippen LogP contribution in [0.15, 0.2) is 30.5 Å². The van der Waals surface area contributed by atoms with Crippen LogP contribution in [0.2, 0.25) is 0 Å². The zero-order chi connectivity index (χ0) is 13.7. The largest absolute Gasteiger partial charge is 0.369 e. The molecule has 0 spiro atoms. The third-order valence-electron chi connectivity index (χ3n) is 3.06. The molecule has 0 aliphatic carbocycles. The third-order valence-corrected chi connectivity index (χ3v) is 4.00. The second-order valence-corrected chi connectivity index (χ2v) is 5.65. The van der Waals surface area contributed by atoms with E-state index < -0.39 is 0 Å². The summed E-state index contributed by atoms with van der Waals surface area (Å²) in [5, 5.41) is 4.25. The average molecular weight is 275 g/mol. The van der Waals surface area contributed by atoms with Crippen LogP contribution in [0.1, 0.15) is 24.3 Å². The lowest BCUT2D eigenvalue weighted by Crippen LogP contribution is -2.15. The maximum absolute atomic E-state index is 4.36. The van der Waals surface area contributed by atoms with E-state index in [1.807, 2.05) is 6.20 Å². The van der Waals surface area contributed by atoms with Gasteiger partial charge in [-0.15, -0.1) is 11.3 Å². The van der Waals surface area contributed by atoms with E-state index in [1.54, 1.807) is 11.3 Å². The lowest BCUT2D eigenvalue weighted by Gasteiger charge is -2.18. The van der Waals surface area contributed by atoms with Crippen LogP contribution in [-0.4, -0.2) is 18.6 Å². The summed E-state index contributed by atoms with van der Waals surface area (Å²) in [6.07, 6.45) is 3.05. The van der Waals surface area contributed by atoms with Crippen molar-refractivity contribution in [3.63, 3.8) is 0 Å². The Balaban J connectivity index is 2.00. The normalized spacial score (nSPS) is 10.5. The molecule has 0 bridgehead atoms. The van der Waals surface area contributed by atoms with Gasteiger partial charge in [0.05, 0.1) is 6.54 Å². The summed E-state index contributed by atoms with van der Waals surface area (Å²) in [7, 11) is 2.12. The smallest absolute Gasteiger partial charge is 0.182 e. The number of hydrogen-bond acceptors (Lipinski definition) is 4. The summed E-state index contributed by atoms with van der Waals surface area (Å²) < 4.78 is 0. The zero-order valence-electron chi connectivity index (χ0n) is 11.8. The van der Waals surface area contributed by atoms with Gasteiger partial charge in [0.2, 0.25) is 0 Å². The Hall–Kier alpha value is -1.55. The van der Waals surface area contributed by atoms with E-state index in [1.165, 1.54) is 16.1 Å². The molecular formula is C15H21N3S. The Bertz CT molecular complexity index is 504. The van der Waals surface area contributed by atoms with Crippen molar-refractivity contribution in [2.75, 3.05) is 23.8 Å². The van der Waals surface area contributed by atoms with Gasteiger partial charge in [-0.2, -0.15) is 0 Å². The molecule has 3 nitrogen and oxygen atoms in total. The first kappa shape index (κ1) is 13.9. The van der Waals surface area contributed by atoms with Gasteiger partial charge in [-0.3, -0.25) is 0 Å². The molecule has 2 aromatic rings. The number of aromatic nitrogens is 1. The number of benzene rings is 1. The van der Waals surface area contributed by atoms with Crippen molar-refractivity contribution in [3.05, 3.63) is 40.9 Å². The van der Waals surface area contributed by atoms with Crippen LogP contribution < -0.4 is 10.2 Å². The number of thiazole rings is 1. The van der Waals surface area contributed by atoms with Crippen molar-refractivity contribution in [2.45, 2.75) is 26.8 Å². The van der Waals surface area contributed by atoms with Crippen molar-refractivity contribution < 1.29 is 0 Å². The first-order chi connectivity index (χ1) is 9.22. The van der Waals surface area contributed by atoms with Crippen molar-refractivity contribution in [1.82, 2.24) is 4.98 Å². The highest BCUT2D eigenvalue weighted by molar-refractivity contribution is 7.15. The van der Waals surface area contributed by atoms with Crippen molar-refractivity contribution in [1.29, 1.82) is 0 Å². The predicted molar refractivity (Wildman–Crippen MR) is 84.2 cm³/mol. The van der Waals surface area contributed by atoms with Crippen LogP contribution in [0.3, 0.4) is 0 Å². The third kappa shape index (κ3) is 3.70. The summed E-state index contributed by atoms with van der Waals surface area (Å²) in [5.74, 6) is 0. The molecule has 0 radical (unpaired) electrons. The van der Waals surface area contributed by atoms with Crippen molar-refractivity contribution in [2.24, 2.45) is 0 Å². The van der Waals surface area contributed by atoms with Gasteiger partial charge in [0.25, 0.3) is 0 Å². The lowest BCUT2D eigenvalue weighted by atomic mass is 10.1. The molecule has 0 fully saturated rings. The fourth-order valence-corrected chi connectivity index (χ4v) is 2.86. The van der Waals surface area contributed by atoms with Crippen LogP contribution in [-0.2, 0) is 13.0 Å². The maximum Gasteiger partial charge on any atom is 0.182 e. The Kier molecular flexibility index (Phi) is 4.80. The average Bonchev–Trinajstić information content (AvgIpc) is 2.86. The minimum absolute atomic E-state index is 0.897.